The van der Waals surface area contributed by atoms with E-state index in [1.165, 1.54) is 28.6 Å². The molecule has 0 aliphatic rings. The number of anilines is 1. The molecule has 8 nitrogen and oxygen atoms in total. The van der Waals surface area contributed by atoms with Crippen LogP contribution in [0.25, 0.3) is 11.5 Å². The van der Waals surface area contributed by atoms with Crippen LogP contribution in [-0.4, -0.2) is 34.9 Å². The Hall–Kier alpha value is -3.53. The first kappa shape index (κ1) is 24.6. The maximum Gasteiger partial charge on any atom is 0.322 e. The Bertz CT molecular complexity index is 1400. The molecule has 0 atom stereocenters. The molecule has 0 radical (unpaired) electrons. The average molecular weight is 511 g/mol. The third-order valence-electron chi connectivity index (χ3n) is 5.22. The molecule has 0 aliphatic heterocycles. The van der Waals surface area contributed by atoms with Gasteiger partial charge in [-0.15, -0.1) is 5.10 Å². The highest BCUT2D eigenvalue weighted by Gasteiger charge is 2.27. The monoisotopic (exact) mass is 510 g/mol. The molecule has 0 spiro atoms. The summed E-state index contributed by atoms with van der Waals surface area (Å²) in [7, 11) is -3.78. The molecule has 0 saturated carbocycles. The van der Waals surface area contributed by atoms with Crippen molar-refractivity contribution in [1.82, 2.24) is 14.5 Å². The van der Waals surface area contributed by atoms with E-state index in [9.17, 15) is 13.2 Å². The molecule has 4 aromatic rings. The summed E-state index contributed by atoms with van der Waals surface area (Å²) in [4.78, 5) is 12.7. The summed E-state index contributed by atoms with van der Waals surface area (Å²) in [5, 5.41) is 10.9. The highest BCUT2D eigenvalue weighted by molar-refractivity contribution is 7.89. The number of nitrogens with zero attached hydrogens (tertiary/aromatic N) is 3. The van der Waals surface area contributed by atoms with Gasteiger partial charge in [-0.3, -0.25) is 10.1 Å². The van der Waals surface area contributed by atoms with Crippen LogP contribution in [0.1, 0.15) is 29.8 Å². The van der Waals surface area contributed by atoms with Gasteiger partial charge < -0.3 is 4.42 Å². The van der Waals surface area contributed by atoms with E-state index in [2.05, 4.69) is 15.5 Å². The summed E-state index contributed by atoms with van der Waals surface area (Å²) >= 11 is 5.89. The van der Waals surface area contributed by atoms with Crippen LogP contribution in [0.2, 0.25) is 5.02 Å². The summed E-state index contributed by atoms with van der Waals surface area (Å²) in [6, 6.07) is 21.6. The molecule has 180 valence electrons. The van der Waals surface area contributed by atoms with Crippen LogP contribution in [0.5, 0.6) is 0 Å². The van der Waals surface area contributed by atoms with Crippen LogP contribution in [0.15, 0.2) is 88.2 Å². The Kier molecular flexibility index (Phi) is 7.30. The first-order valence-corrected chi connectivity index (χ1v) is 12.6. The van der Waals surface area contributed by atoms with Gasteiger partial charge in [0.15, 0.2) is 0 Å². The van der Waals surface area contributed by atoms with E-state index in [0.717, 1.165) is 5.56 Å². The van der Waals surface area contributed by atoms with E-state index in [1.807, 2.05) is 44.2 Å². The lowest BCUT2D eigenvalue weighted by molar-refractivity contribution is 0.102. The zero-order valence-electron chi connectivity index (χ0n) is 19.1. The molecular formula is C25H23ClN4O4S. The first-order valence-electron chi connectivity index (χ1n) is 10.8. The quantitative estimate of drug-likeness (QED) is 0.347. The Morgan fingerprint density at radius 2 is 1.63 bits per heavy atom. The Labute approximate surface area is 208 Å². The van der Waals surface area contributed by atoms with Crippen LogP contribution >= 0.6 is 11.6 Å². The second-order valence-corrected chi connectivity index (χ2v) is 10.4. The highest BCUT2D eigenvalue weighted by Crippen LogP contribution is 2.24. The van der Waals surface area contributed by atoms with Crippen LogP contribution in [0.4, 0.5) is 6.01 Å². The molecule has 1 N–H and O–H groups in total. The molecule has 0 fully saturated rings. The fourth-order valence-electron chi connectivity index (χ4n) is 3.37. The maximum atomic E-state index is 13.3. The number of aromatic nitrogens is 2. The minimum absolute atomic E-state index is 0.0782. The van der Waals surface area contributed by atoms with Crippen LogP contribution in [-0.2, 0) is 16.6 Å². The normalized spacial score (nSPS) is 11.7. The predicted octanol–water partition coefficient (Wildman–Crippen LogP) is 5.24. The van der Waals surface area contributed by atoms with Crippen LogP contribution < -0.4 is 5.32 Å². The molecule has 0 saturated heterocycles. The van der Waals surface area contributed by atoms with Crippen molar-refractivity contribution in [2.24, 2.45) is 0 Å². The number of hydrogen-bond acceptors (Lipinski definition) is 6. The lowest BCUT2D eigenvalue weighted by Crippen LogP contribution is -2.36. The molecule has 3 aromatic carbocycles. The minimum atomic E-state index is -3.78. The number of rotatable bonds is 8. The summed E-state index contributed by atoms with van der Waals surface area (Å²) in [5.74, 6) is -0.282. The number of carbonyl (C=O) groups excluding carboxylic acids is 1. The van der Waals surface area contributed by atoms with E-state index >= 15 is 0 Å². The van der Waals surface area contributed by atoms with Crippen molar-refractivity contribution in [3.63, 3.8) is 0 Å². The van der Waals surface area contributed by atoms with E-state index in [1.54, 1.807) is 24.3 Å². The number of halogens is 1. The van der Waals surface area contributed by atoms with Gasteiger partial charge in [-0.2, -0.15) is 4.31 Å². The molecule has 1 aromatic heterocycles. The van der Waals surface area contributed by atoms with E-state index in [4.69, 9.17) is 16.0 Å². The fourth-order valence-corrected chi connectivity index (χ4v) is 5.13. The number of benzene rings is 3. The Balaban J connectivity index is 1.47. The van der Waals surface area contributed by atoms with Gasteiger partial charge in [0, 0.05) is 28.7 Å². The topological polar surface area (TPSA) is 105 Å². The van der Waals surface area contributed by atoms with Crippen molar-refractivity contribution in [3.8, 4) is 11.5 Å². The first-order chi connectivity index (χ1) is 16.7. The van der Waals surface area contributed by atoms with Gasteiger partial charge in [-0.25, -0.2) is 8.42 Å². The minimum Gasteiger partial charge on any atom is -0.403 e. The summed E-state index contributed by atoms with van der Waals surface area (Å²) in [5.41, 5.74) is 1.79. The summed E-state index contributed by atoms with van der Waals surface area (Å²) < 4.78 is 33.5. The van der Waals surface area contributed by atoms with Gasteiger partial charge in [0.1, 0.15) is 0 Å². The SMILES string of the molecule is CC(C)N(Cc1ccccc1)S(=O)(=O)c1ccc(C(=O)Nc2nnc(-c3ccc(Cl)cc3)o2)cc1. The fraction of sp³-hybridized carbons (Fsp3) is 0.160. The molecule has 0 bridgehead atoms. The molecule has 0 aliphatic carbocycles. The van der Waals surface area contributed by atoms with E-state index < -0.39 is 15.9 Å². The third-order valence-corrected chi connectivity index (χ3v) is 7.50. The van der Waals surface area contributed by atoms with Crippen molar-refractivity contribution in [2.75, 3.05) is 5.32 Å². The number of carbonyl (C=O) groups is 1. The second-order valence-electron chi connectivity index (χ2n) is 8.03. The van der Waals surface area contributed by atoms with Crippen molar-refractivity contribution in [2.45, 2.75) is 31.3 Å². The van der Waals surface area contributed by atoms with Crippen LogP contribution in [0.3, 0.4) is 0 Å². The van der Waals surface area contributed by atoms with E-state index in [0.29, 0.717) is 10.6 Å². The molecule has 1 amide bonds. The smallest absolute Gasteiger partial charge is 0.322 e. The van der Waals surface area contributed by atoms with Crippen LogP contribution in [0, 0.1) is 0 Å². The number of nitrogens with one attached hydrogen (secondary N) is 1. The molecule has 0 unspecified atom stereocenters. The van der Waals surface area contributed by atoms with Crippen molar-refractivity contribution in [3.05, 3.63) is 95.0 Å². The molecule has 35 heavy (non-hydrogen) atoms. The van der Waals surface area contributed by atoms with Gasteiger partial charge in [0.05, 0.1) is 4.90 Å². The maximum absolute atomic E-state index is 13.3. The number of hydrogen-bond donors (Lipinski definition) is 1. The second kappa shape index (κ2) is 10.4. The standard InChI is InChI=1S/C25H23ClN4O4S/c1-17(2)30(16-18-6-4-3-5-7-18)35(32,33)22-14-10-19(11-15-22)23(31)27-25-29-28-24(34-25)20-8-12-21(26)13-9-20/h3-15,17H,16H2,1-2H3,(H,27,29,31). The van der Waals surface area contributed by atoms with Gasteiger partial charge >= 0.3 is 6.01 Å². The van der Waals surface area contributed by atoms with Crippen molar-refractivity contribution < 1.29 is 17.6 Å². The zero-order valence-corrected chi connectivity index (χ0v) is 20.6. The average Bonchev–Trinajstić information content (AvgIpc) is 3.32. The number of sulfonamides is 1. The largest absolute Gasteiger partial charge is 0.403 e. The Morgan fingerprint density at radius 3 is 2.26 bits per heavy atom. The van der Waals surface area contributed by atoms with Gasteiger partial charge in [-0.05, 0) is 67.9 Å². The third kappa shape index (κ3) is 5.76. The van der Waals surface area contributed by atoms with Gasteiger partial charge in [-0.1, -0.05) is 47.0 Å². The van der Waals surface area contributed by atoms with Crippen molar-refractivity contribution >= 4 is 33.5 Å². The predicted molar refractivity (Wildman–Crippen MR) is 133 cm³/mol. The highest BCUT2D eigenvalue weighted by atomic mass is 35.5. The van der Waals surface area contributed by atoms with E-state index in [-0.39, 0.29) is 35.0 Å². The van der Waals surface area contributed by atoms with Crippen molar-refractivity contribution in [1.29, 1.82) is 0 Å². The zero-order chi connectivity index (χ0) is 25.0. The molecule has 1 heterocycles. The number of amides is 1. The molecular weight excluding hydrogens is 488 g/mol. The van der Waals surface area contributed by atoms with Gasteiger partial charge in [0.2, 0.25) is 15.9 Å². The lowest BCUT2D eigenvalue weighted by atomic mass is 10.2. The Morgan fingerprint density at radius 1 is 0.971 bits per heavy atom. The molecule has 4 rings (SSSR count). The molecule has 10 heteroatoms. The van der Waals surface area contributed by atoms with Gasteiger partial charge in [0.25, 0.3) is 5.91 Å². The summed E-state index contributed by atoms with van der Waals surface area (Å²) in [6.07, 6.45) is 0. The summed E-state index contributed by atoms with van der Waals surface area (Å²) in [6.45, 7) is 3.90. The lowest BCUT2D eigenvalue weighted by Gasteiger charge is -2.26.